The number of nitrogens with two attached hydrogens (primary N) is 1. The minimum Gasteiger partial charge on any atom is -0.382 e. The minimum atomic E-state index is -0.242. The summed E-state index contributed by atoms with van der Waals surface area (Å²) in [6, 6.07) is 9.26. The Morgan fingerprint density at radius 3 is 2.50 bits per heavy atom. The lowest BCUT2D eigenvalue weighted by Gasteiger charge is -2.19. The van der Waals surface area contributed by atoms with Gasteiger partial charge in [-0.1, -0.05) is 29.5 Å². The van der Waals surface area contributed by atoms with Crippen molar-refractivity contribution in [2.24, 2.45) is 0 Å². The molecule has 4 N–H and O–H groups in total. The Hall–Kier alpha value is -2.08. The predicted octanol–water partition coefficient (Wildman–Crippen LogP) is 3.19. The van der Waals surface area contributed by atoms with Gasteiger partial charge in [-0.25, -0.2) is 4.98 Å². The summed E-state index contributed by atoms with van der Waals surface area (Å²) in [5.41, 5.74) is 6.42. The molecule has 0 saturated heterocycles. The van der Waals surface area contributed by atoms with Crippen molar-refractivity contribution in [2.45, 2.75) is 26.3 Å². The molecule has 0 unspecified atom stereocenters. The monoisotopic (exact) mass is 290 g/mol. The first kappa shape index (κ1) is 14.3. The number of rotatable bonds is 3. The van der Waals surface area contributed by atoms with E-state index in [1.165, 1.54) is 11.3 Å². The van der Waals surface area contributed by atoms with Gasteiger partial charge < -0.3 is 16.4 Å². The largest absolute Gasteiger partial charge is 0.382 e. The first-order valence-corrected chi connectivity index (χ1v) is 7.08. The number of hydrogen-bond donors (Lipinski definition) is 3. The molecule has 0 fully saturated rings. The Labute approximate surface area is 122 Å². The van der Waals surface area contributed by atoms with Crippen molar-refractivity contribution in [3.63, 3.8) is 0 Å². The van der Waals surface area contributed by atoms with Crippen LogP contribution in [-0.4, -0.2) is 16.4 Å². The van der Waals surface area contributed by atoms with Crippen LogP contribution < -0.4 is 16.4 Å². The maximum absolute atomic E-state index is 12.2. The summed E-state index contributed by atoms with van der Waals surface area (Å²) in [5.74, 6) is 0.00309. The number of para-hydroxylation sites is 1. The molecule has 1 aromatic carbocycles. The number of nitrogens with one attached hydrogen (secondary N) is 2. The average Bonchev–Trinajstić information content (AvgIpc) is 2.69. The molecular formula is C14H18N4OS. The molecule has 0 spiro atoms. The van der Waals surface area contributed by atoms with Crippen molar-refractivity contribution in [2.75, 3.05) is 16.4 Å². The molecule has 0 aliphatic heterocycles. The second-order valence-corrected chi connectivity index (χ2v) is 6.43. The third-order valence-corrected chi connectivity index (χ3v) is 3.36. The van der Waals surface area contributed by atoms with Gasteiger partial charge in [0.15, 0.2) is 5.13 Å². The van der Waals surface area contributed by atoms with E-state index in [9.17, 15) is 4.79 Å². The van der Waals surface area contributed by atoms with Gasteiger partial charge in [0.25, 0.3) is 5.91 Å². The number of anilines is 3. The van der Waals surface area contributed by atoms with Gasteiger partial charge in [0.2, 0.25) is 0 Å². The highest BCUT2D eigenvalue weighted by Gasteiger charge is 2.19. The van der Waals surface area contributed by atoms with Crippen LogP contribution in [0.1, 0.15) is 30.4 Å². The summed E-state index contributed by atoms with van der Waals surface area (Å²) < 4.78 is 0. The molecular weight excluding hydrogens is 272 g/mol. The Kier molecular flexibility index (Phi) is 3.94. The Bertz CT molecular complexity index is 601. The highest BCUT2D eigenvalue weighted by molar-refractivity contribution is 7.18. The van der Waals surface area contributed by atoms with Gasteiger partial charge >= 0.3 is 0 Å². The van der Waals surface area contributed by atoms with E-state index in [4.69, 9.17) is 5.73 Å². The molecule has 0 radical (unpaired) electrons. The van der Waals surface area contributed by atoms with Crippen molar-refractivity contribution in [1.82, 2.24) is 4.98 Å². The van der Waals surface area contributed by atoms with E-state index < -0.39 is 0 Å². The maximum Gasteiger partial charge on any atom is 0.269 e. The van der Waals surface area contributed by atoms with E-state index in [1.54, 1.807) is 0 Å². The van der Waals surface area contributed by atoms with Gasteiger partial charge in [-0.05, 0) is 32.9 Å². The number of hydrogen-bond acceptors (Lipinski definition) is 5. The van der Waals surface area contributed by atoms with E-state index >= 15 is 0 Å². The molecule has 2 rings (SSSR count). The fourth-order valence-electron chi connectivity index (χ4n) is 1.58. The van der Waals surface area contributed by atoms with Gasteiger partial charge in [-0.15, -0.1) is 0 Å². The third-order valence-electron chi connectivity index (χ3n) is 2.37. The zero-order valence-corrected chi connectivity index (χ0v) is 12.5. The molecule has 6 heteroatoms. The summed E-state index contributed by atoms with van der Waals surface area (Å²) in [7, 11) is 0. The van der Waals surface area contributed by atoms with E-state index in [-0.39, 0.29) is 17.3 Å². The van der Waals surface area contributed by atoms with Crippen molar-refractivity contribution < 1.29 is 4.79 Å². The van der Waals surface area contributed by atoms with Crippen molar-refractivity contribution >= 4 is 33.9 Å². The molecule has 1 heterocycles. The Morgan fingerprint density at radius 1 is 1.25 bits per heavy atom. The van der Waals surface area contributed by atoms with Crippen molar-refractivity contribution in [1.29, 1.82) is 0 Å². The van der Waals surface area contributed by atoms with Crippen molar-refractivity contribution in [3.05, 3.63) is 35.2 Å². The number of aromatic nitrogens is 1. The van der Waals surface area contributed by atoms with Crippen LogP contribution in [0.3, 0.4) is 0 Å². The number of nitrogens with zero attached hydrogens (tertiary/aromatic N) is 1. The lowest BCUT2D eigenvalue weighted by atomic mass is 10.1. The SMILES string of the molecule is CC(C)(C)Nc1nc(N)c(C(=O)Nc2ccccc2)s1. The topological polar surface area (TPSA) is 80.0 Å². The summed E-state index contributed by atoms with van der Waals surface area (Å²) in [5, 5.41) is 6.65. The maximum atomic E-state index is 12.2. The second kappa shape index (κ2) is 5.50. The summed E-state index contributed by atoms with van der Waals surface area (Å²) in [4.78, 5) is 16.8. The molecule has 1 aromatic heterocycles. The fourth-order valence-corrected chi connectivity index (χ4v) is 2.57. The molecule has 0 atom stereocenters. The quantitative estimate of drug-likeness (QED) is 0.811. The van der Waals surface area contributed by atoms with Crippen LogP contribution in [0.15, 0.2) is 30.3 Å². The molecule has 1 amide bonds. The van der Waals surface area contributed by atoms with Crippen LogP contribution in [0, 0.1) is 0 Å². The molecule has 0 aliphatic rings. The minimum absolute atomic E-state index is 0.128. The molecule has 106 valence electrons. The van der Waals surface area contributed by atoms with Crippen molar-refractivity contribution in [3.8, 4) is 0 Å². The van der Waals surface area contributed by atoms with Crippen LogP contribution in [0.4, 0.5) is 16.6 Å². The van der Waals surface area contributed by atoms with Crippen LogP contribution in [0.2, 0.25) is 0 Å². The second-order valence-electron chi connectivity index (χ2n) is 5.43. The van der Waals surface area contributed by atoms with E-state index in [0.29, 0.717) is 10.0 Å². The first-order valence-electron chi connectivity index (χ1n) is 6.26. The molecule has 5 nitrogen and oxygen atoms in total. The van der Waals surface area contributed by atoms with Crippen LogP contribution in [0.5, 0.6) is 0 Å². The number of amides is 1. The molecule has 20 heavy (non-hydrogen) atoms. The molecule has 0 bridgehead atoms. The van der Waals surface area contributed by atoms with Crippen LogP contribution in [0.25, 0.3) is 0 Å². The summed E-state index contributed by atoms with van der Waals surface area (Å²) >= 11 is 1.25. The lowest BCUT2D eigenvalue weighted by molar-refractivity contribution is 0.103. The van der Waals surface area contributed by atoms with Gasteiger partial charge in [-0.2, -0.15) is 0 Å². The summed E-state index contributed by atoms with van der Waals surface area (Å²) in [6.07, 6.45) is 0. The molecule has 0 aliphatic carbocycles. The van der Waals surface area contributed by atoms with Crippen LogP contribution >= 0.6 is 11.3 Å². The average molecular weight is 290 g/mol. The van der Waals surface area contributed by atoms with Gasteiger partial charge in [0, 0.05) is 11.2 Å². The third kappa shape index (κ3) is 3.71. The smallest absolute Gasteiger partial charge is 0.269 e. The van der Waals surface area contributed by atoms with E-state index in [2.05, 4.69) is 15.6 Å². The first-order chi connectivity index (χ1) is 9.35. The van der Waals surface area contributed by atoms with Gasteiger partial charge in [-0.3, -0.25) is 4.79 Å². The number of carbonyl (C=O) groups excluding carboxylic acids is 1. The Balaban J connectivity index is 2.14. The van der Waals surface area contributed by atoms with E-state index in [0.717, 1.165) is 5.69 Å². The fraction of sp³-hybridized carbons (Fsp3) is 0.286. The van der Waals surface area contributed by atoms with Gasteiger partial charge in [0.1, 0.15) is 10.7 Å². The number of thiazole rings is 1. The lowest BCUT2D eigenvalue weighted by Crippen LogP contribution is -2.25. The highest BCUT2D eigenvalue weighted by atomic mass is 32.1. The normalized spacial score (nSPS) is 11.2. The number of benzene rings is 1. The zero-order valence-electron chi connectivity index (χ0n) is 11.7. The predicted molar refractivity (Wildman–Crippen MR) is 84.3 cm³/mol. The standard InChI is InChI=1S/C14H18N4OS/c1-14(2,3)18-13-17-11(15)10(20-13)12(19)16-9-7-5-4-6-8-9/h4-8H,15H2,1-3H3,(H,16,19)(H,17,18). The molecule has 2 aromatic rings. The van der Waals surface area contributed by atoms with Gasteiger partial charge in [0.05, 0.1) is 0 Å². The number of carbonyl (C=O) groups is 1. The Morgan fingerprint density at radius 2 is 1.90 bits per heavy atom. The van der Waals surface area contributed by atoms with Crippen LogP contribution in [-0.2, 0) is 0 Å². The molecule has 0 saturated carbocycles. The number of nitrogen functional groups attached to an aromatic ring is 1. The zero-order chi connectivity index (χ0) is 14.8. The highest BCUT2D eigenvalue weighted by Crippen LogP contribution is 2.27. The van der Waals surface area contributed by atoms with E-state index in [1.807, 2.05) is 51.1 Å². The summed E-state index contributed by atoms with van der Waals surface area (Å²) in [6.45, 7) is 6.07.